The van der Waals surface area contributed by atoms with Crippen molar-refractivity contribution in [3.63, 3.8) is 0 Å². The topological polar surface area (TPSA) is 69.6 Å². The molecule has 1 aromatic carbocycles. The maximum atomic E-state index is 9.22. The van der Waals surface area contributed by atoms with Crippen molar-refractivity contribution in [1.82, 2.24) is 4.98 Å². The van der Waals surface area contributed by atoms with E-state index < -0.39 is 0 Å². The van der Waals surface area contributed by atoms with Crippen LogP contribution in [0.25, 0.3) is 10.9 Å². The van der Waals surface area contributed by atoms with E-state index in [9.17, 15) is 5.11 Å². The van der Waals surface area contributed by atoms with Gasteiger partial charge in [-0.05, 0) is 18.6 Å². The maximum absolute atomic E-state index is 9.22. The number of aromatic amines is 1. The minimum Gasteiger partial charge on any atom is -0.394 e. The van der Waals surface area contributed by atoms with E-state index in [4.69, 9.17) is 4.74 Å². The van der Waals surface area contributed by atoms with Crippen LogP contribution in [0.3, 0.4) is 0 Å². The number of ether oxygens (including phenoxy) is 1. The normalized spacial score (nSPS) is 24.9. The molecule has 6 heteroatoms. The van der Waals surface area contributed by atoms with Crippen molar-refractivity contribution in [2.24, 2.45) is 4.99 Å². The van der Waals surface area contributed by atoms with Gasteiger partial charge in [-0.25, -0.2) is 0 Å². The molecule has 4 rings (SSSR count). The Morgan fingerprint density at radius 1 is 1.45 bits per heavy atom. The minimum atomic E-state index is 0.0274. The summed E-state index contributed by atoms with van der Waals surface area (Å²) in [5.41, 5.74) is 3.26. The van der Waals surface area contributed by atoms with E-state index in [0.29, 0.717) is 6.04 Å². The molecule has 2 unspecified atom stereocenters. The largest absolute Gasteiger partial charge is 0.394 e. The number of hydrogen-bond donors (Lipinski definition) is 3. The summed E-state index contributed by atoms with van der Waals surface area (Å²) in [7, 11) is 0. The van der Waals surface area contributed by atoms with Gasteiger partial charge in [0.05, 0.1) is 42.2 Å². The first-order valence-electron chi connectivity index (χ1n) is 7.61. The van der Waals surface area contributed by atoms with Crippen molar-refractivity contribution in [2.75, 3.05) is 30.9 Å². The molecular formula is C16H19N3O2S. The molecular weight excluding hydrogens is 298 g/mol. The van der Waals surface area contributed by atoms with E-state index in [1.807, 2.05) is 0 Å². The van der Waals surface area contributed by atoms with Crippen LogP contribution >= 0.6 is 11.8 Å². The molecule has 0 bridgehead atoms. The van der Waals surface area contributed by atoms with E-state index >= 15 is 0 Å². The summed E-state index contributed by atoms with van der Waals surface area (Å²) in [6, 6.07) is 8.82. The van der Waals surface area contributed by atoms with E-state index in [1.54, 1.807) is 11.8 Å². The first-order valence-corrected chi connectivity index (χ1v) is 8.60. The number of rotatable bonds is 4. The van der Waals surface area contributed by atoms with Crippen LogP contribution in [-0.4, -0.2) is 52.8 Å². The number of hydrogen-bond acceptors (Lipinski definition) is 5. The Hall–Kier alpha value is -1.50. The van der Waals surface area contributed by atoms with Gasteiger partial charge in [-0.1, -0.05) is 12.1 Å². The smallest absolute Gasteiger partial charge is 0.115 e. The molecule has 2 atom stereocenters. The number of aliphatic hydroxyl groups is 1. The summed E-state index contributed by atoms with van der Waals surface area (Å²) in [6.07, 6.45) is 1.05. The Labute approximate surface area is 133 Å². The van der Waals surface area contributed by atoms with Crippen molar-refractivity contribution in [1.29, 1.82) is 0 Å². The fraction of sp³-hybridized carbons (Fsp3) is 0.438. The number of aliphatic imine (C=N–C) groups is 1. The third-order valence-corrected chi connectivity index (χ3v) is 5.25. The molecule has 0 amide bonds. The number of fused-ring (bicyclic) bond motifs is 1. The molecule has 3 heterocycles. The molecule has 0 radical (unpaired) electrons. The van der Waals surface area contributed by atoms with Crippen LogP contribution in [0.4, 0.5) is 5.69 Å². The molecule has 0 spiro atoms. The predicted molar refractivity (Wildman–Crippen MR) is 91.0 cm³/mol. The lowest BCUT2D eigenvalue weighted by Crippen LogP contribution is -2.18. The highest BCUT2D eigenvalue weighted by atomic mass is 32.2. The molecule has 3 N–H and O–H groups in total. The van der Waals surface area contributed by atoms with E-state index in [-0.39, 0.29) is 12.6 Å². The SMILES string of the molecule is OCC1CSC(c2cc3cccc(NC4CCOC4)c3[nH]2)=N1. The Balaban J connectivity index is 1.65. The predicted octanol–water partition coefficient (Wildman–Crippen LogP) is 2.22. The number of H-pyrrole nitrogens is 1. The molecule has 0 aliphatic carbocycles. The second-order valence-corrected chi connectivity index (χ2v) is 6.75. The number of aromatic nitrogens is 1. The highest BCUT2D eigenvalue weighted by molar-refractivity contribution is 8.14. The molecule has 0 saturated carbocycles. The summed E-state index contributed by atoms with van der Waals surface area (Å²) < 4.78 is 5.43. The zero-order chi connectivity index (χ0) is 14.9. The Kier molecular flexibility index (Phi) is 3.82. The van der Waals surface area contributed by atoms with Crippen LogP contribution in [0.1, 0.15) is 12.1 Å². The summed E-state index contributed by atoms with van der Waals surface area (Å²) in [5, 5.41) is 15.0. The summed E-state index contributed by atoms with van der Waals surface area (Å²) in [5.74, 6) is 0.853. The van der Waals surface area contributed by atoms with Crippen molar-refractivity contribution in [3.8, 4) is 0 Å². The van der Waals surface area contributed by atoms with Crippen LogP contribution in [0, 0.1) is 0 Å². The van der Waals surface area contributed by atoms with Gasteiger partial charge in [0, 0.05) is 17.7 Å². The molecule has 116 valence electrons. The first kappa shape index (κ1) is 14.1. The zero-order valence-corrected chi connectivity index (χ0v) is 13.0. The van der Waals surface area contributed by atoms with E-state index in [0.717, 1.165) is 47.3 Å². The molecule has 1 fully saturated rings. The third kappa shape index (κ3) is 2.62. The summed E-state index contributed by atoms with van der Waals surface area (Å²) >= 11 is 1.70. The van der Waals surface area contributed by atoms with E-state index in [2.05, 4.69) is 39.6 Å². The van der Waals surface area contributed by atoms with Gasteiger partial charge in [0.15, 0.2) is 0 Å². The van der Waals surface area contributed by atoms with Crippen molar-refractivity contribution in [3.05, 3.63) is 30.0 Å². The molecule has 2 aromatic rings. The number of anilines is 1. The second-order valence-electron chi connectivity index (χ2n) is 5.74. The number of nitrogens with zero attached hydrogens (tertiary/aromatic N) is 1. The number of benzene rings is 1. The highest BCUT2D eigenvalue weighted by Crippen LogP contribution is 2.29. The fourth-order valence-electron chi connectivity index (χ4n) is 2.92. The van der Waals surface area contributed by atoms with Gasteiger partial charge in [-0.2, -0.15) is 0 Å². The average molecular weight is 317 g/mol. The molecule has 22 heavy (non-hydrogen) atoms. The minimum absolute atomic E-state index is 0.0274. The van der Waals surface area contributed by atoms with E-state index in [1.165, 1.54) is 5.39 Å². The maximum Gasteiger partial charge on any atom is 0.115 e. The number of para-hydroxylation sites is 1. The summed E-state index contributed by atoms with van der Waals surface area (Å²) in [6.45, 7) is 1.72. The van der Waals surface area contributed by atoms with Gasteiger partial charge in [0.1, 0.15) is 5.04 Å². The standard InChI is InChI=1S/C16H19N3O2S/c20-7-12-9-22-16(18-12)14-6-10-2-1-3-13(15(10)19-14)17-11-4-5-21-8-11/h1-3,6,11-12,17,19-20H,4-5,7-9H2. The van der Waals surface area contributed by atoms with Crippen molar-refractivity contribution < 1.29 is 9.84 Å². The lowest BCUT2D eigenvalue weighted by molar-refractivity contribution is 0.195. The molecule has 2 aliphatic heterocycles. The number of nitrogens with one attached hydrogen (secondary N) is 2. The van der Waals surface area contributed by atoms with Crippen molar-refractivity contribution >= 4 is 33.4 Å². The molecule has 2 aliphatic rings. The van der Waals surface area contributed by atoms with Gasteiger partial charge < -0.3 is 20.1 Å². The van der Waals surface area contributed by atoms with Gasteiger partial charge in [0.2, 0.25) is 0 Å². The average Bonchev–Trinajstić information content (AvgIpc) is 3.27. The van der Waals surface area contributed by atoms with Gasteiger partial charge >= 0.3 is 0 Å². The van der Waals surface area contributed by atoms with Crippen LogP contribution in [0.2, 0.25) is 0 Å². The number of thioether (sulfide) groups is 1. The van der Waals surface area contributed by atoms with Crippen molar-refractivity contribution in [2.45, 2.75) is 18.5 Å². The van der Waals surface area contributed by atoms with Crippen LogP contribution < -0.4 is 5.32 Å². The van der Waals surface area contributed by atoms with Gasteiger partial charge in [-0.15, -0.1) is 11.8 Å². The zero-order valence-electron chi connectivity index (χ0n) is 12.2. The Bertz CT molecular complexity index is 706. The molecule has 5 nitrogen and oxygen atoms in total. The second kappa shape index (κ2) is 5.95. The Morgan fingerprint density at radius 2 is 2.41 bits per heavy atom. The number of aliphatic hydroxyl groups excluding tert-OH is 1. The van der Waals surface area contributed by atoms with Crippen LogP contribution in [0.5, 0.6) is 0 Å². The lowest BCUT2D eigenvalue weighted by atomic mass is 10.2. The quantitative estimate of drug-likeness (QED) is 0.809. The molecule has 1 aromatic heterocycles. The van der Waals surface area contributed by atoms with Crippen LogP contribution in [-0.2, 0) is 4.74 Å². The van der Waals surface area contributed by atoms with Crippen LogP contribution in [0.15, 0.2) is 29.3 Å². The Morgan fingerprint density at radius 3 is 3.18 bits per heavy atom. The van der Waals surface area contributed by atoms with Gasteiger partial charge in [-0.3, -0.25) is 4.99 Å². The summed E-state index contributed by atoms with van der Waals surface area (Å²) in [4.78, 5) is 8.05. The third-order valence-electron chi connectivity index (χ3n) is 4.10. The monoisotopic (exact) mass is 317 g/mol. The molecule has 1 saturated heterocycles. The lowest BCUT2D eigenvalue weighted by Gasteiger charge is -2.12. The fourth-order valence-corrected chi connectivity index (χ4v) is 3.94. The highest BCUT2D eigenvalue weighted by Gasteiger charge is 2.21. The first-order chi connectivity index (χ1) is 10.8. The van der Waals surface area contributed by atoms with Gasteiger partial charge in [0.25, 0.3) is 0 Å².